The summed E-state index contributed by atoms with van der Waals surface area (Å²) in [6.07, 6.45) is 4.12. The topological polar surface area (TPSA) is 50.5 Å². The zero-order valence-corrected chi connectivity index (χ0v) is 18.8. The predicted octanol–water partition coefficient (Wildman–Crippen LogP) is 5.45. The van der Waals surface area contributed by atoms with Gasteiger partial charge in [-0.25, -0.2) is 0 Å². The Hall–Kier alpha value is -2.41. The number of thiocarbonyl (C=S) groups is 1. The third-order valence-corrected chi connectivity index (χ3v) is 6.59. The number of nitrogens with zero attached hydrogens (tertiary/aromatic N) is 2. The molecule has 0 bridgehead atoms. The maximum Gasteiger partial charge on any atom is 0.170 e. The van der Waals surface area contributed by atoms with Crippen molar-refractivity contribution in [1.29, 1.82) is 0 Å². The fourth-order valence-electron chi connectivity index (χ4n) is 4.44. The van der Waals surface area contributed by atoms with Crippen LogP contribution in [0.3, 0.4) is 0 Å². The number of hydrogen-bond donors (Lipinski definition) is 1. The highest BCUT2D eigenvalue weighted by Gasteiger charge is 2.42. The number of hydrogen-bond acceptors (Lipinski definition) is 4. The zero-order chi connectivity index (χ0) is 21.4. The lowest BCUT2D eigenvalue weighted by Gasteiger charge is -2.28. The van der Waals surface area contributed by atoms with Crippen LogP contribution in [0, 0.1) is 6.92 Å². The van der Waals surface area contributed by atoms with Crippen molar-refractivity contribution in [2.75, 3.05) is 13.2 Å². The monoisotopic (exact) mass is 453 g/mol. The molecule has 0 radical (unpaired) electrons. The van der Waals surface area contributed by atoms with E-state index in [2.05, 4.69) is 22.1 Å². The number of halogens is 1. The molecule has 2 aromatic heterocycles. The van der Waals surface area contributed by atoms with E-state index in [0.29, 0.717) is 10.1 Å². The Kier molecular flexibility index (Phi) is 5.69. The van der Waals surface area contributed by atoms with Crippen LogP contribution in [0.4, 0.5) is 0 Å². The summed E-state index contributed by atoms with van der Waals surface area (Å²) < 4.78 is 12.3. The third-order valence-electron chi connectivity index (χ3n) is 6.01. The maximum absolute atomic E-state index is 6.42. The largest absolute Gasteiger partial charge is 0.459 e. The Labute approximate surface area is 192 Å². The SMILES string of the molecule is Cc1ccc(Cl)cc1-c1ccc([C@@H]2[C@H](c3ccccn3)NC(=S)N2C[C@@H]2CCCO2)o1. The molecular weight excluding hydrogens is 430 g/mol. The molecule has 3 atom stereocenters. The number of aromatic nitrogens is 1. The molecule has 160 valence electrons. The second-order valence-corrected chi connectivity index (χ2v) is 8.90. The first-order valence-electron chi connectivity index (χ1n) is 10.6. The summed E-state index contributed by atoms with van der Waals surface area (Å²) in [6.45, 7) is 3.60. The van der Waals surface area contributed by atoms with E-state index in [1.54, 1.807) is 0 Å². The van der Waals surface area contributed by atoms with Gasteiger partial charge in [-0.15, -0.1) is 0 Å². The van der Waals surface area contributed by atoms with Crippen molar-refractivity contribution in [2.24, 2.45) is 0 Å². The highest BCUT2D eigenvalue weighted by Crippen LogP contribution is 2.41. The average Bonchev–Trinajstić information content (AvgIpc) is 3.52. The molecule has 0 unspecified atom stereocenters. The molecule has 5 nitrogen and oxygen atoms in total. The van der Waals surface area contributed by atoms with Gasteiger partial charge in [0.05, 0.1) is 17.8 Å². The van der Waals surface area contributed by atoms with Gasteiger partial charge in [0, 0.05) is 29.9 Å². The summed E-state index contributed by atoms with van der Waals surface area (Å²) in [5.74, 6) is 1.64. The summed E-state index contributed by atoms with van der Waals surface area (Å²) >= 11 is 12.0. The van der Waals surface area contributed by atoms with E-state index in [0.717, 1.165) is 54.3 Å². The molecule has 4 heterocycles. The minimum absolute atomic E-state index is 0.102. The highest BCUT2D eigenvalue weighted by molar-refractivity contribution is 7.80. The minimum Gasteiger partial charge on any atom is -0.459 e. The quantitative estimate of drug-likeness (QED) is 0.518. The maximum atomic E-state index is 6.42. The number of furan rings is 1. The van der Waals surface area contributed by atoms with Gasteiger partial charge in [0.15, 0.2) is 5.11 Å². The molecule has 2 aliphatic heterocycles. The number of nitrogens with one attached hydrogen (secondary N) is 1. The molecule has 3 aromatic rings. The molecule has 0 saturated carbocycles. The van der Waals surface area contributed by atoms with Gasteiger partial charge in [-0.2, -0.15) is 0 Å². The van der Waals surface area contributed by atoms with E-state index in [1.807, 2.05) is 54.7 Å². The Morgan fingerprint density at radius 1 is 1.23 bits per heavy atom. The van der Waals surface area contributed by atoms with Crippen LogP contribution in [-0.4, -0.2) is 34.3 Å². The number of rotatable bonds is 5. The van der Waals surface area contributed by atoms with Gasteiger partial charge in [-0.3, -0.25) is 4.98 Å². The Morgan fingerprint density at radius 3 is 2.90 bits per heavy atom. The summed E-state index contributed by atoms with van der Waals surface area (Å²) in [4.78, 5) is 6.78. The summed E-state index contributed by atoms with van der Waals surface area (Å²) in [7, 11) is 0. The first-order valence-corrected chi connectivity index (χ1v) is 11.3. The Morgan fingerprint density at radius 2 is 2.13 bits per heavy atom. The van der Waals surface area contributed by atoms with E-state index in [4.69, 9.17) is 33.0 Å². The third kappa shape index (κ3) is 4.07. The van der Waals surface area contributed by atoms with Crippen LogP contribution in [-0.2, 0) is 4.74 Å². The lowest BCUT2D eigenvalue weighted by molar-refractivity contribution is 0.0818. The lowest BCUT2D eigenvalue weighted by atomic mass is 10.0. The molecule has 0 amide bonds. The van der Waals surface area contributed by atoms with Gasteiger partial charge in [0.25, 0.3) is 0 Å². The lowest BCUT2D eigenvalue weighted by Crippen LogP contribution is -2.36. The van der Waals surface area contributed by atoms with Crippen molar-refractivity contribution in [3.8, 4) is 11.3 Å². The summed E-state index contributed by atoms with van der Waals surface area (Å²) in [6, 6.07) is 15.6. The van der Waals surface area contributed by atoms with Gasteiger partial charge in [-0.05, 0) is 73.9 Å². The van der Waals surface area contributed by atoms with Crippen molar-refractivity contribution in [3.05, 3.63) is 76.8 Å². The van der Waals surface area contributed by atoms with Crippen LogP contribution in [0.2, 0.25) is 5.02 Å². The number of benzene rings is 1. The molecule has 0 aliphatic carbocycles. The van der Waals surface area contributed by atoms with Crippen molar-refractivity contribution in [2.45, 2.75) is 38.0 Å². The number of aryl methyl sites for hydroxylation is 1. The van der Waals surface area contributed by atoms with Crippen LogP contribution < -0.4 is 5.32 Å². The van der Waals surface area contributed by atoms with E-state index in [9.17, 15) is 0 Å². The summed E-state index contributed by atoms with van der Waals surface area (Å²) in [5, 5.41) is 4.86. The average molecular weight is 454 g/mol. The minimum atomic E-state index is -0.111. The standard InChI is InChI=1S/C24H24ClN3O2S/c1-15-7-8-16(25)13-18(15)20-9-10-21(30-20)23-22(19-6-2-3-11-26-19)27-24(31)28(23)14-17-5-4-12-29-17/h2-3,6-11,13,17,22-23H,4-5,12,14H2,1H3,(H,27,31)/t17-,22-,23+/m0/s1. The first-order chi connectivity index (χ1) is 15.1. The highest BCUT2D eigenvalue weighted by atomic mass is 35.5. The Balaban J connectivity index is 1.52. The second kappa shape index (κ2) is 8.61. The number of pyridine rings is 1. The second-order valence-electron chi connectivity index (χ2n) is 8.08. The molecule has 2 saturated heterocycles. The molecule has 2 fully saturated rings. The van der Waals surface area contributed by atoms with Crippen molar-refractivity contribution >= 4 is 28.9 Å². The zero-order valence-electron chi connectivity index (χ0n) is 17.3. The van der Waals surface area contributed by atoms with Gasteiger partial charge in [0.2, 0.25) is 0 Å². The van der Waals surface area contributed by atoms with Crippen molar-refractivity contribution < 1.29 is 9.15 Å². The Bertz CT molecular complexity index is 1080. The van der Waals surface area contributed by atoms with E-state index in [-0.39, 0.29) is 18.2 Å². The van der Waals surface area contributed by atoms with Crippen molar-refractivity contribution in [3.63, 3.8) is 0 Å². The summed E-state index contributed by atoms with van der Waals surface area (Å²) in [5.41, 5.74) is 3.04. The predicted molar refractivity (Wildman–Crippen MR) is 125 cm³/mol. The molecule has 5 rings (SSSR count). The van der Waals surface area contributed by atoms with Gasteiger partial charge in [0.1, 0.15) is 17.6 Å². The van der Waals surface area contributed by atoms with Crippen LogP contribution in [0.5, 0.6) is 0 Å². The van der Waals surface area contributed by atoms with Crippen LogP contribution in [0.1, 0.15) is 41.9 Å². The van der Waals surface area contributed by atoms with Crippen LogP contribution in [0.25, 0.3) is 11.3 Å². The fraction of sp³-hybridized carbons (Fsp3) is 0.333. The molecular formula is C24H24ClN3O2S. The van der Waals surface area contributed by atoms with Gasteiger partial charge < -0.3 is 19.4 Å². The fourth-order valence-corrected chi connectivity index (χ4v) is 4.92. The van der Waals surface area contributed by atoms with E-state index >= 15 is 0 Å². The van der Waals surface area contributed by atoms with E-state index in [1.165, 1.54) is 0 Å². The molecule has 7 heteroatoms. The molecule has 2 aliphatic rings. The van der Waals surface area contributed by atoms with E-state index < -0.39 is 0 Å². The normalized spacial score (nSPS) is 23.4. The van der Waals surface area contributed by atoms with Crippen molar-refractivity contribution in [1.82, 2.24) is 15.2 Å². The first kappa shape index (κ1) is 20.5. The number of ether oxygens (including phenoxy) is 1. The van der Waals surface area contributed by atoms with Crippen LogP contribution >= 0.6 is 23.8 Å². The smallest absolute Gasteiger partial charge is 0.170 e. The van der Waals surface area contributed by atoms with Gasteiger partial charge in [-0.1, -0.05) is 23.7 Å². The molecule has 1 N–H and O–H groups in total. The molecule has 0 spiro atoms. The molecule has 1 aromatic carbocycles. The van der Waals surface area contributed by atoms with Gasteiger partial charge >= 0.3 is 0 Å². The van der Waals surface area contributed by atoms with Crippen LogP contribution in [0.15, 0.2) is 59.1 Å². The molecule has 31 heavy (non-hydrogen) atoms.